The molecule has 0 aliphatic carbocycles. The quantitative estimate of drug-likeness (QED) is 0.727. The van der Waals surface area contributed by atoms with Crippen molar-refractivity contribution in [3.8, 4) is 0 Å². The minimum atomic E-state index is -0.421. The maximum atomic E-state index is 8.96. The van der Waals surface area contributed by atoms with Gasteiger partial charge < -0.3 is 15.2 Å². The molecular formula is C6H14NO2Y3-. The zero-order valence-corrected chi connectivity index (χ0v) is 16.2. The van der Waals surface area contributed by atoms with Gasteiger partial charge in [0.1, 0.15) is 0 Å². The van der Waals surface area contributed by atoms with Gasteiger partial charge in [0.2, 0.25) is 0 Å². The largest absolute Gasteiger partial charge is 0.663 e. The molecule has 0 aromatic rings. The van der Waals surface area contributed by atoms with E-state index in [2.05, 4.69) is 5.32 Å². The van der Waals surface area contributed by atoms with Crippen LogP contribution in [0.25, 0.3) is 5.32 Å². The minimum absolute atomic E-state index is 0. The van der Waals surface area contributed by atoms with Gasteiger partial charge in [0.05, 0.1) is 12.7 Å². The van der Waals surface area contributed by atoms with Gasteiger partial charge >= 0.3 is 0 Å². The van der Waals surface area contributed by atoms with Crippen molar-refractivity contribution < 1.29 is 108 Å². The summed E-state index contributed by atoms with van der Waals surface area (Å²) in [6, 6.07) is 0. The van der Waals surface area contributed by atoms with Crippen LogP contribution < -0.4 is 0 Å². The molecule has 1 N–H and O–H groups in total. The summed E-state index contributed by atoms with van der Waals surface area (Å²) in [7, 11) is 1.68. The van der Waals surface area contributed by atoms with E-state index in [1.165, 1.54) is 0 Å². The van der Waals surface area contributed by atoms with E-state index in [1.807, 2.05) is 6.92 Å². The van der Waals surface area contributed by atoms with Crippen molar-refractivity contribution >= 4 is 0 Å². The third kappa shape index (κ3) is 18.9. The van der Waals surface area contributed by atoms with Crippen LogP contribution in [0.3, 0.4) is 0 Å². The van der Waals surface area contributed by atoms with E-state index >= 15 is 0 Å². The van der Waals surface area contributed by atoms with Gasteiger partial charge in [-0.1, -0.05) is 0 Å². The minimum Gasteiger partial charge on any atom is -0.663 e. The summed E-state index contributed by atoms with van der Waals surface area (Å²) in [6.07, 6.45) is -0.421. The molecule has 12 heavy (non-hydrogen) atoms. The van der Waals surface area contributed by atoms with Gasteiger partial charge in [-0.2, -0.15) is 7.05 Å². The summed E-state index contributed by atoms with van der Waals surface area (Å²) in [6.45, 7) is 3.42. The standard InChI is InChI=1S/C6H14NO2.3Y/c1-3-9-5-6(8)4-7-2;;;/h6,8H,3-5H2,1-2H3;;;/q-1;;;. The molecular weight excluding hydrogens is 385 g/mol. The number of hydrogen-bond donors (Lipinski definition) is 1. The van der Waals surface area contributed by atoms with Gasteiger partial charge in [0.25, 0.3) is 0 Å². The van der Waals surface area contributed by atoms with E-state index in [0.717, 1.165) is 0 Å². The maximum Gasteiger partial charge on any atom is 0.0708 e. The predicted molar refractivity (Wildman–Crippen MR) is 36.6 cm³/mol. The molecule has 1 atom stereocenters. The van der Waals surface area contributed by atoms with Gasteiger partial charge in [-0.3, -0.25) is 0 Å². The van der Waals surface area contributed by atoms with E-state index in [4.69, 9.17) is 9.84 Å². The Labute approximate surface area is 150 Å². The van der Waals surface area contributed by atoms with Crippen molar-refractivity contribution in [2.24, 2.45) is 0 Å². The third-order valence-corrected chi connectivity index (χ3v) is 0.908. The number of nitrogens with zero attached hydrogens (tertiary/aromatic N) is 1. The van der Waals surface area contributed by atoms with Crippen LogP contribution in [-0.4, -0.2) is 38.0 Å². The number of ether oxygens (including phenoxy) is 1. The van der Waals surface area contributed by atoms with Crippen molar-refractivity contribution in [2.45, 2.75) is 13.0 Å². The number of aliphatic hydroxyl groups is 1. The predicted octanol–water partition coefficient (Wildman–Crippen LogP) is 0.380. The summed E-state index contributed by atoms with van der Waals surface area (Å²) in [5.74, 6) is 0. The molecule has 0 rings (SSSR count). The van der Waals surface area contributed by atoms with Crippen LogP contribution in [0.4, 0.5) is 0 Å². The van der Waals surface area contributed by atoms with Crippen LogP contribution in [0.1, 0.15) is 6.92 Å². The molecule has 1 unspecified atom stereocenters. The number of aliphatic hydroxyl groups excluding tert-OH is 1. The van der Waals surface area contributed by atoms with Gasteiger partial charge in [0, 0.05) is 105 Å². The van der Waals surface area contributed by atoms with Crippen molar-refractivity contribution in [3.63, 3.8) is 0 Å². The molecule has 0 fully saturated rings. The molecule has 0 spiro atoms. The fourth-order valence-corrected chi connectivity index (χ4v) is 0.517. The molecule has 0 aliphatic heterocycles. The maximum absolute atomic E-state index is 8.96. The second-order valence-corrected chi connectivity index (χ2v) is 1.81. The van der Waals surface area contributed by atoms with Crippen LogP contribution in [0.15, 0.2) is 0 Å². The Bertz CT molecular complexity index is 68.8. The topological polar surface area (TPSA) is 43.6 Å². The second-order valence-electron chi connectivity index (χ2n) is 1.81. The van der Waals surface area contributed by atoms with Crippen LogP contribution in [0.2, 0.25) is 0 Å². The number of hydrogen-bond acceptors (Lipinski definition) is 2. The van der Waals surface area contributed by atoms with Crippen molar-refractivity contribution in [2.75, 3.05) is 26.8 Å². The summed E-state index contributed by atoms with van der Waals surface area (Å²) < 4.78 is 4.94. The van der Waals surface area contributed by atoms with E-state index < -0.39 is 6.10 Å². The summed E-state index contributed by atoms with van der Waals surface area (Å²) in [5.41, 5.74) is 0. The molecule has 0 heterocycles. The van der Waals surface area contributed by atoms with Crippen LogP contribution in [0.5, 0.6) is 0 Å². The van der Waals surface area contributed by atoms with Gasteiger partial charge in [0.15, 0.2) is 0 Å². The first-order valence-electron chi connectivity index (χ1n) is 3.12. The van der Waals surface area contributed by atoms with Crippen molar-refractivity contribution in [1.82, 2.24) is 0 Å². The van der Waals surface area contributed by atoms with E-state index in [1.54, 1.807) is 7.05 Å². The Morgan fingerprint density at radius 2 is 1.83 bits per heavy atom. The molecule has 3 nitrogen and oxygen atoms in total. The van der Waals surface area contributed by atoms with E-state index in [-0.39, 0.29) is 98.1 Å². The van der Waals surface area contributed by atoms with Crippen molar-refractivity contribution in [1.29, 1.82) is 0 Å². The average Bonchev–Trinajstić information content (AvgIpc) is 1.85. The Kier molecular flexibility index (Phi) is 40.1. The first-order valence-corrected chi connectivity index (χ1v) is 3.12. The summed E-state index contributed by atoms with van der Waals surface area (Å²) >= 11 is 0. The molecule has 0 saturated heterocycles. The Morgan fingerprint density at radius 3 is 2.17 bits per heavy atom. The average molecular weight is 399 g/mol. The Balaban J connectivity index is -0.000000107. The Morgan fingerprint density at radius 1 is 1.33 bits per heavy atom. The van der Waals surface area contributed by atoms with Crippen LogP contribution in [0, 0.1) is 0 Å². The summed E-state index contributed by atoms with van der Waals surface area (Å²) in [4.78, 5) is 0. The summed E-state index contributed by atoms with van der Waals surface area (Å²) in [5, 5.41) is 12.7. The molecule has 0 aliphatic rings. The number of likely N-dealkylation sites (N-methyl/N-ethyl adjacent to an activating group) is 1. The molecule has 0 aromatic heterocycles. The molecule has 0 saturated carbocycles. The molecule has 0 amide bonds. The fourth-order valence-electron chi connectivity index (χ4n) is 0.517. The Hall–Kier alpha value is 3.19. The van der Waals surface area contributed by atoms with Crippen molar-refractivity contribution in [3.05, 3.63) is 5.32 Å². The second kappa shape index (κ2) is 19.7. The zero-order valence-electron chi connectivity index (χ0n) is 7.73. The van der Waals surface area contributed by atoms with Crippen LogP contribution >= 0.6 is 0 Å². The molecule has 6 heteroatoms. The zero-order chi connectivity index (χ0) is 7.11. The van der Waals surface area contributed by atoms with Crippen LogP contribution in [-0.2, 0) is 103 Å². The molecule has 0 aromatic carbocycles. The van der Waals surface area contributed by atoms with Gasteiger partial charge in [-0.25, -0.2) is 0 Å². The third-order valence-electron chi connectivity index (χ3n) is 0.908. The van der Waals surface area contributed by atoms with Gasteiger partial charge in [-0.05, 0) is 6.92 Å². The first-order chi connectivity index (χ1) is 4.31. The molecule has 0 bridgehead atoms. The monoisotopic (exact) mass is 399 g/mol. The fraction of sp³-hybridized carbons (Fsp3) is 1.00. The van der Waals surface area contributed by atoms with Gasteiger partial charge in [-0.15, -0.1) is 6.54 Å². The first kappa shape index (κ1) is 24.4. The SMILES string of the molecule is CCOCC(O)C[N-]C.[Y].[Y].[Y]. The van der Waals surface area contributed by atoms with E-state index in [0.29, 0.717) is 19.8 Å². The van der Waals surface area contributed by atoms with E-state index in [9.17, 15) is 0 Å². The molecule has 65 valence electrons. The molecule has 3 radical (unpaired) electrons. The smallest absolute Gasteiger partial charge is 0.0708 e. The number of rotatable bonds is 5. The normalized spacial score (nSPS) is 10.2.